The molecule has 3 saturated carbocycles. The van der Waals surface area contributed by atoms with Gasteiger partial charge in [0.1, 0.15) is 18.3 Å². The monoisotopic (exact) mass is 500 g/mol. The van der Waals surface area contributed by atoms with Gasteiger partial charge < -0.3 is 23.7 Å². The van der Waals surface area contributed by atoms with Gasteiger partial charge in [0.25, 0.3) is 0 Å². The van der Waals surface area contributed by atoms with E-state index in [0.29, 0.717) is 25.7 Å². The largest absolute Gasteiger partial charge is 0.490 e. The minimum atomic E-state index is -5.09. The van der Waals surface area contributed by atoms with E-state index in [9.17, 15) is 22.8 Å². The second-order valence-corrected chi connectivity index (χ2v) is 11.6. The van der Waals surface area contributed by atoms with Crippen LogP contribution in [0.25, 0.3) is 0 Å². The van der Waals surface area contributed by atoms with Crippen molar-refractivity contribution in [2.45, 2.75) is 82.5 Å². The first kappa shape index (κ1) is 23.9. The Balaban J connectivity index is 1.44. The van der Waals surface area contributed by atoms with Crippen molar-refractivity contribution in [3.8, 4) is 0 Å². The van der Waals surface area contributed by atoms with E-state index in [-0.39, 0.29) is 50.2 Å². The number of fused-ring (bicyclic) bond motifs is 7. The quantitative estimate of drug-likeness (QED) is 0.503. The molecule has 0 aromatic rings. The van der Waals surface area contributed by atoms with Crippen molar-refractivity contribution in [3.05, 3.63) is 11.6 Å². The Morgan fingerprint density at radius 1 is 1.09 bits per heavy atom. The number of ketones is 1. The summed E-state index contributed by atoms with van der Waals surface area (Å²) >= 11 is 0. The van der Waals surface area contributed by atoms with E-state index in [4.69, 9.17) is 23.7 Å². The molecule has 0 aromatic carbocycles. The summed E-state index contributed by atoms with van der Waals surface area (Å²) in [5.41, 5.74) is -1.09. The molecular weight excluding hydrogens is 469 g/mol. The summed E-state index contributed by atoms with van der Waals surface area (Å²) in [6, 6.07) is 0. The standard InChI is InChI=1S/C25H31F3O7/c1-21-7-5-15(29)9-14(21)3-4-16-17-6-8-23(24(34-13-32-23)11-31-12-33-24)22(17,2)10-18(19(16)21)35-20(30)25(26,27)28/h9,16-19H,3-8,10-13H2,1-2H3/t16-,17-,18+,19+,21+,22+,23-,24+/m1/s1. The van der Waals surface area contributed by atoms with Gasteiger partial charge in [0, 0.05) is 17.8 Å². The number of allylic oxidation sites excluding steroid dienone is 1. The number of hydrogen-bond acceptors (Lipinski definition) is 7. The molecule has 7 nitrogen and oxygen atoms in total. The van der Waals surface area contributed by atoms with E-state index in [1.54, 1.807) is 6.08 Å². The first-order valence-corrected chi connectivity index (χ1v) is 12.5. The fourth-order valence-corrected chi connectivity index (χ4v) is 8.94. The smallest absolute Gasteiger partial charge is 0.455 e. The number of rotatable bonds is 1. The SMILES string of the molecule is C[C@]12CCC(=O)C=C1CC[C@H]1[C@H]2[C@@H](OC(=O)C(F)(F)F)C[C@@]2(C)[C@@H]1CC[C@@]21OCO[C@@]12COCO2. The summed E-state index contributed by atoms with van der Waals surface area (Å²) in [7, 11) is 0. The fourth-order valence-electron chi connectivity index (χ4n) is 8.94. The fraction of sp³-hybridized carbons (Fsp3) is 0.840. The maximum Gasteiger partial charge on any atom is 0.490 e. The summed E-state index contributed by atoms with van der Waals surface area (Å²) in [6.07, 6.45) is -0.423. The Morgan fingerprint density at radius 2 is 1.86 bits per heavy atom. The van der Waals surface area contributed by atoms with Gasteiger partial charge in [-0.05, 0) is 61.9 Å². The number of halogens is 3. The van der Waals surface area contributed by atoms with Crippen molar-refractivity contribution < 1.29 is 46.4 Å². The lowest BCUT2D eigenvalue weighted by atomic mass is 9.45. The van der Waals surface area contributed by atoms with Crippen LogP contribution < -0.4 is 0 Å². The molecule has 0 N–H and O–H groups in total. The second-order valence-electron chi connectivity index (χ2n) is 11.6. The predicted molar refractivity (Wildman–Crippen MR) is 112 cm³/mol. The molecule has 6 rings (SSSR count). The zero-order valence-corrected chi connectivity index (χ0v) is 19.9. The molecule has 0 radical (unpaired) electrons. The predicted octanol–water partition coefficient (Wildman–Crippen LogP) is 4.05. The van der Waals surface area contributed by atoms with E-state index in [1.165, 1.54) is 0 Å². The first-order chi connectivity index (χ1) is 16.5. The van der Waals surface area contributed by atoms with Crippen LogP contribution in [0.15, 0.2) is 11.6 Å². The van der Waals surface area contributed by atoms with Crippen LogP contribution in [-0.2, 0) is 33.3 Å². The molecular formula is C25H31F3O7. The Kier molecular flexibility index (Phi) is 5.13. The molecule has 2 heterocycles. The van der Waals surface area contributed by atoms with Gasteiger partial charge in [-0.15, -0.1) is 0 Å². The summed E-state index contributed by atoms with van der Waals surface area (Å²) in [6.45, 7) is 4.33. The number of carbonyl (C=O) groups excluding carboxylic acids is 2. The lowest BCUT2D eigenvalue weighted by Crippen LogP contribution is -2.66. The zero-order chi connectivity index (χ0) is 24.9. The molecule has 4 aliphatic carbocycles. The molecule has 2 aliphatic heterocycles. The lowest BCUT2D eigenvalue weighted by molar-refractivity contribution is -0.263. The topological polar surface area (TPSA) is 80.3 Å². The minimum absolute atomic E-state index is 0.0121. The van der Waals surface area contributed by atoms with E-state index in [1.807, 2.05) is 13.8 Å². The van der Waals surface area contributed by atoms with Crippen LogP contribution in [0.4, 0.5) is 13.2 Å². The molecule has 0 unspecified atom stereocenters. The molecule has 0 aromatic heterocycles. The Bertz CT molecular complexity index is 967. The molecule has 194 valence electrons. The van der Waals surface area contributed by atoms with Gasteiger partial charge in [-0.1, -0.05) is 19.4 Å². The van der Waals surface area contributed by atoms with Gasteiger partial charge in [-0.25, -0.2) is 4.79 Å². The van der Waals surface area contributed by atoms with Crippen molar-refractivity contribution in [1.82, 2.24) is 0 Å². The zero-order valence-electron chi connectivity index (χ0n) is 19.9. The number of ether oxygens (including phenoxy) is 5. The third kappa shape index (κ3) is 3.06. The van der Waals surface area contributed by atoms with Gasteiger partial charge in [0.15, 0.2) is 19.4 Å². The average Bonchev–Trinajstić information content (AvgIpc) is 3.48. The highest BCUT2D eigenvalue weighted by atomic mass is 19.4. The molecule has 10 heteroatoms. The Morgan fingerprint density at radius 3 is 2.57 bits per heavy atom. The lowest BCUT2D eigenvalue weighted by Gasteiger charge is -2.62. The number of alkyl halides is 3. The molecule has 6 aliphatic rings. The van der Waals surface area contributed by atoms with Crippen LogP contribution >= 0.6 is 0 Å². The summed E-state index contributed by atoms with van der Waals surface area (Å²) < 4.78 is 69.3. The van der Waals surface area contributed by atoms with Crippen LogP contribution in [0.5, 0.6) is 0 Å². The minimum Gasteiger partial charge on any atom is -0.455 e. The average molecular weight is 501 g/mol. The molecule has 8 atom stereocenters. The highest BCUT2D eigenvalue weighted by Crippen LogP contribution is 2.72. The molecule has 2 spiro atoms. The van der Waals surface area contributed by atoms with E-state index < -0.39 is 40.5 Å². The second kappa shape index (κ2) is 7.52. The van der Waals surface area contributed by atoms with Gasteiger partial charge >= 0.3 is 12.1 Å². The van der Waals surface area contributed by atoms with Crippen molar-refractivity contribution in [3.63, 3.8) is 0 Å². The third-order valence-electron chi connectivity index (χ3n) is 10.4. The van der Waals surface area contributed by atoms with Crippen LogP contribution in [0.3, 0.4) is 0 Å². The van der Waals surface area contributed by atoms with Crippen molar-refractivity contribution >= 4 is 11.8 Å². The summed E-state index contributed by atoms with van der Waals surface area (Å²) in [5.74, 6) is -3.42. The molecule has 0 bridgehead atoms. The molecule has 2 saturated heterocycles. The van der Waals surface area contributed by atoms with Crippen LogP contribution in [0.2, 0.25) is 0 Å². The van der Waals surface area contributed by atoms with Gasteiger partial charge in [0.2, 0.25) is 5.79 Å². The third-order valence-corrected chi connectivity index (χ3v) is 10.4. The van der Waals surface area contributed by atoms with Gasteiger partial charge in [0.05, 0.1) is 0 Å². The van der Waals surface area contributed by atoms with Gasteiger partial charge in [-0.3, -0.25) is 4.79 Å². The highest BCUT2D eigenvalue weighted by Gasteiger charge is 2.77. The number of hydrogen-bond donors (Lipinski definition) is 0. The normalized spacial score (nSPS) is 49.1. The van der Waals surface area contributed by atoms with Crippen LogP contribution in [0.1, 0.15) is 58.8 Å². The molecule has 5 fully saturated rings. The maximum absolute atomic E-state index is 13.4. The molecule has 0 amide bonds. The van der Waals surface area contributed by atoms with E-state index in [0.717, 1.165) is 18.4 Å². The van der Waals surface area contributed by atoms with Crippen molar-refractivity contribution in [1.29, 1.82) is 0 Å². The van der Waals surface area contributed by atoms with Crippen LogP contribution in [-0.4, -0.2) is 55.6 Å². The maximum atomic E-state index is 13.4. The van der Waals surface area contributed by atoms with E-state index in [2.05, 4.69) is 0 Å². The number of carbonyl (C=O) groups is 2. The number of esters is 1. The van der Waals surface area contributed by atoms with Crippen molar-refractivity contribution in [2.75, 3.05) is 20.2 Å². The Labute approximate surface area is 201 Å². The van der Waals surface area contributed by atoms with Gasteiger partial charge in [-0.2, -0.15) is 13.2 Å². The van der Waals surface area contributed by atoms with Crippen molar-refractivity contribution in [2.24, 2.45) is 28.6 Å². The summed E-state index contributed by atoms with van der Waals surface area (Å²) in [4.78, 5) is 24.4. The first-order valence-electron chi connectivity index (χ1n) is 12.5. The summed E-state index contributed by atoms with van der Waals surface area (Å²) in [5, 5.41) is 0. The Hall–Kier alpha value is -1.49. The van der Waals surface area contributed by atoms with Crippen LogP contribution in [0, 0.1) is 28.6 Å². The molecule has 35 heavy (non-hydrogen) atoms. The van der Waals surface area contributed by atoms with E-state index >= 15 is 0 Å². The highest BCUT2D eigenvalue weighted by molar-refractivity contribution is 5.91.